The van der Waals surface area contributed by atoms with E-state index in [1.54, 1.807) is 18.2 Å². The molecular weight excluding hydrogens is 254 g/mol. The molecule has 0 aliphatic rings. The number of rotatable bonds is 5. The minimum atomic E-state index is -0.706. The molecule has 5 heteroatoms. The predicted octanol–water partition coefficient (Wildman–Crippen LogP) is 2.23. The summed E-state index contributed by atoms with van der Waals surface area (Å²) in [5.74, 6) is 0.619. The Morgan fingerprint density at radius 1 is 1.39 bits per heavy atom. The number of hydrogen-bond donors (Lipinski definition) is 3. The third kappa shape index (κ3) is 3.51. The number of ether oxygens (including phenoxy) is 1. The lowest BCUT2D eigenvalue weighted by atomic mass is 9.90. The maximum Gasteiger partial charge on any atom is 0.127 e. The molecule has 0 spiro atoms. The van der Waals surface area contributed by atoms with Gasteiger partial charge < -0.3 is 20.7 Å². The van der Waals surface area contributed by atoms with Crippen LogP contribution in [0.15, 0.2) is 18.2 Å². The van der Waals surface area contributed by atoms with E-state index in [1.807, 2.05) is 13.8 Å². The van der Waals surface area contributed by atoms with Gasteiger partial charge in [0.05, 0.1) is 24.8 Å². The van der Waals surface area contributed by atoms with E-state index in [9.17, 15) is 10.2 Å². The van der Waals surface area contributed by atoms with Crippen molar-refractivity contribution >= 4 is 12.4 Å². The Hall–Kier alpha value is -0.970. The molecule has 104 valence electrons. The summed E-state index contributed by atoms with van der Waals surface area (Å²) in [7, 11) is 1.51. The van der Waals surface area contributed by atoms with Gasteiger partial charge in [0.15, 0.2) is 0 Å². The zero-order valence-electron chi connectivity index (χ0n) is 11.0. The number of aliphatic hydroxyl groups excluding tert-OH is 1. The third-order valence-corrected chi connectivity index (χ3v) is 3.19. The van der Waals surface area contributed by atoms with Gasteiger partial charge in [-0.1, -0.05) is 26.3 Å². The molecule has 0 radical (unpaired) electrons. The van der Waals surface area contributed by atoms with Gasteiger partial charge in [-0.15, -0.1) is 12.4 Å². The SMILES string of the molecule is CCC(C)[C@@H](O)[C@@H](N)c1c(O)cccc1OC.Cl. The number of benzene rings is 1. The summed E-state index contributed by atoms with van der Waals surface area (Å²) < 4.78 is 5.16. The van der Waals surface area contributed by atoms with Gasteiger partial charge in [-0.05, 0) is 18.1 Å². The lowest BCUT2D eigenvalue weighted by Gasteiger charge is -2.26. The number of aliphatic hydroxyl groups is 1. The molecule has 1 aromatic rings. The van der Waals surface area contributed by atoms with Gasteiger partial charge in [0.1, 0.15) is 11.5 Å². The first-order valence-electron chi connectivity index (χ1n) is 5.82. The molecule has 0 bridgehead atoms. The molecule has 0 aliphatic carbocycles. The molecule has 1 rings (SSSR count). The van der Waals surface area contributed by atoms with Crippen LogP contribution in [0.2, 0.25) is 0 Å². The van der Waals surface area contributed by atoms with Crippen molar-refractivity contribution in [1.82, 2.24) is 0 Å². The summed E-state index contributed by atoms with van der Waals surface area (Å²) in [5.41, 5.74) is 6.46. The van der Waals surface area contributed by atoms with E-state index >= 15 is 0 Å². The van der Waals surface area contributed by atoms with Crippen LogP contribution in [-0.2, 0) is 0 Å². The van der Waals surface area contributed by atoms with Crippen LogP contribution in [-0.4, -0.2) is 23.4 Å². The van der Waals surface area contributed by atoms with E-state index < -0.39 is 12.1 Å². The van der Waals surface area contributed by atoms with Gasteiger partial charge in [-0.25, -0.2) is 0 Å². The van der Waals surface area contributed by atoms with Crippen LogP contribution in [0, 0.1) is 5.92 Å². The van der Waals surface area contributed by atoms with Gasteiger partial charge in [0, 0.05) is 0 Å². The predicted molar refractivity (Wildman–Crippen MR) is 74.3 cm³/mol. The quantitative estimate of drug-likeness (QED) is 0.770. The molecule has 0 aliphatic heterocycles. The average Bonchev–Trinajstić information content (AvgIpc) is 2.35. The van der Waals surface area contributed by atoms with E-state index in [1.165, 1.54) is 7.11 Å². The largest absolute Gasteiger partial charge is 0.507 e. The monoisotopic (exact) mass is 275 g/mol. The topological polar surface area (TPSA) is 75.7 Å². The molecule has 3 atom stereocenters. The summed E-state index contributed by atoms with van der Waals surface area (Å²) >= 11 is 0. The maximum absolute atomic E-state index is 10.1. The molecule has 0 amide bonds. The van der Waals surface area contributed by atoms with Crippen molar-refractivity contribution in [3.05, 3.63) is 23.8 Å². The van der Waals surface area contributed by atoms with E-state index in [0.717, 1.165) is 6.42 Å². The number of nitrogens with two attached hydrogens (primary N) is 1. The first-order valence-corrected chi connectivity index (χ1v) is 5.82. The molecule has 0 saturated carbocycles. The highest BCUT2D eigenvalue weighted by Gasteiger charge is 2.26. The van der Waals surface area contributed by atoms with Crippen LogP contribution >= 0.6 is 12.4 Å². The Morgan fingerprint density at radius 3 is 2.50 bits per heavy atom. The smallest absolute Gasteiger partial charge is 0.127 e. The fourth-order valence-electron chi connectivity index (χ4n) is 1.81. The summed E-state index contributed by atoms with van der Waals surface area (Å²) in [5, 5.41) is 19.9. The highest BCUT2D eigenvalue weighted by molar-refractivity contribution is 5.85. The third-order valence-electron chi connectivity index (χ3n) is 3.19. The minimum absolute atomic E-state index is 0. The lowest BCUT2D eigenvalue weighted by molar-refractivity contribution is 0.0861. The Morgan fingerprint density at radius 2 is 2.00 bits per heavy atom. The number of phenolic OH excluding ortho intramolecular Hbond substituents is 1. The van der Waals surface area contributed by atoms with Crippen molar-refractivity contribution in [2.45, 2.75) is 32.4 Å². The highest BCUT2D eigenvalue weighted by Crippen LogP contribution is 2.35. The Bertz CT molecular complexity index is 373. The molecular formula is C13H22ClNO3. The molecule has 1 unspecified atom stereocenters. The van der Waals surface area contributed by atoms with Gasteiger partial charge in [-0.3, -0.25) is 0 Å². The van der Waals surface area contributed by atoms with Crippen LogP contribution in [0.1, 0.15) is 31.9 Å². The molecule has 0 heterocycles. The summed E-state index contributed by atoms with van der Waals surface area (Å²) in [6, 6.07) is 4.29. The first-order chi connectivity index (χ1) is 8.02. The molecule has 0 aromatic heterocycles. The summed E-state index contributed by atoms with van der Waals surface area (Å²) in [6.07, 6.45) is 0.118. The van der Waals surface area contributed by atoms with Crippen molar-refractivity contribution in [3.63, 3.8) is 0 Å². The molecule has 4 N–H and O–H groups in total. The summed E-state index contributed by atoms with van der Waals surface area (Å²) in [6.45, 7) is 3.92. The zero-order chi connectivity index (χ0) is 13.0. The van der Waals surface area contributed by atoms with Crippen molar-refractivity contribution in [2.75, 3.05) is 7.11 Å². The average molecular weight is 276 g/mol. The van der Waals surface area contributed by atoms with E-state index in [0.29, 0.717) is 11.3 Å². The highest BCUT2D eigenvalue weighted by atomic mass is 35.5. The fourth-order valence-corrected chi connectivity index (χ4v) is 1.81. The van der Waals surface area contributed by atoms with Crippen molar-refractivity contribution < 1.29 is 14.9 Å². The van der Waals surface area contributed by atoms with Gasteiger partial charge in [-0.2, -0.15) is 0 Å². The van der Waals surface area contributed by atoms with Gasteiger partial charge >= 0.3 is 0 Å². The molecule has 1 aromatic carbocycles. The Labute approximate surface area is 114 Å². The fraction of sp³-hybridized carbons (Fsp3) is 0.538. The lowest BCUT2D eigenvalue weighted by Crippen LogP contribution is -2.31. The normalized spacial score (nSPS) is 15.4. The summed E-state index contributed by atoms with van der Waals surface area (Å²) in [4.78, 5) is 0. The molecule has 0 saturated heterocycles. The standard InChI is InChI=1S/C13H21NO3.ClH/c1-4-8(2)13(16)12(14)11-9(15)6-5-7-10(11)17-3;/h5-8,12-13,15-16H,4,14H2,1-3H3;1H/t8?,12-,13+;/m0./s1. The van der Waals surface area contributed by atoms with Crippen LogP contribution in [0.4, 0.5) is 0 Å². The van der Waals surface area contributed by atoms with Crippen LogP contribution in [0.25, 0.3) is 0 Å². The Kier molecular flexibility index (Phi) is 7.06. The number of aromatic hydroxyl groups is 1. The van der Waals surface area contributed by atoms with Crippen molar-refractivity contribution in [3.8, 4) is 11.5 Å². The van der Waals surface area contributed by atoms with E-state index in [2.05, 4.69) is 0 Å². The van der Waals surface area contributed by atoms with Crippen LogP contribution in [0.3, 0.4) is 0 Å². The van der Waals surface area contributed by atoms with Crippen LogP contribution in [0.5, 0.6) is 11.5 Å². The van der Waals surface area contributed by atoms with Crippen molar-refractivity contribution in [2.24, 2.45) is 11.7 Å². The van der Waals surface area contributed by atoms with Gasteiger partial charge in [0.25, 0.3) is 0 Å². The second-order valence-electron chi connectivity index (χ2n) is 4.29. The number of hydrogen-bond acceptors (Lipinski definition) is 4. The van der Waals surface area contributed by atoms with Crippen LogP contribution < -0.4 is 10.5 Å². The zero-order valence-corrected chi connectivity index (χ0v) is 11.8. The Balaban J connectivity index is 0.00000289. The molecule has 18 heavy (non-hydrogen) atoms. The van der Waals surface area contributed by atoms with Crippen molar-refractivity contribution in [1.29, 1.82) is 0 Å². The van der Waals surface area contributed by atoms with Gasteiger partial charge in [0.2, 0.25) is 0 Å². The minimum Gasteiger partial charge on any atom is -0.507 e. The van der Waals surface area contributed by atoms with E-state index in [-0.39, 0.29) is 24.1 Å². The second kappa shape index (κ2) is 7.46. The molecule has 0 fully saturated rings. The number of phenols is 1. The molecule has 4 nitrogen and oxygen atoms in total. The number of methoxy groups -OCH3 is 1. The maximum atomic E-state index is 10.1. The van der Waals surface area contributed by atoms with E-state index in [4.69, 9.17) is 10.5 Å². The number of halogens is 1. The second-order valence-corrected chi connectivity index (χ2v) is 4.29. The first kappa shape index (κ1) is 17.0.